The Labute approximate surface area is 60.3 Å². The SMILES string of the molecule is O=CO.O=CO.[Cd]. The van der Waals surface area contributed by atoms with Crippen LogP contribution in [0.3, 0.4) is 0 Å². The van der Waals surface area contributed by atoms with E-state index < -0.39 is 0 Å². The van der Waals surface area contributed by atoms with Crippen LogP contribution in [-0.4, -0.2) is 23.2 Å². The maximum absolute atomic E-state index is 8.36. The summed E-state index contributed by atoms with van der Waals surface area (Å²) in [4.78, 5) is 16.7. The Bertz CT molecular complexity index is 30.7. The fraction of sp³-hybridized carbons (Fsp3) is 0. The van der Waals surface area contributed by atoms with Gasteiger partial charge in [-0.25, -0.2) is 0 Å². The van der Waals surface area contributed by atoms with Gasteiger partial charge in [-0.05, 0) is 0 Å². The van der Waals surface area contributed by atoms with E-state index in [1.807, 2.05) is 0 Å². The smallest absolute Gasteiger partial charge is 0.290 e. The van der Waals surface area contributed by atoms with Crippen molar-refractivity contribution >= 4 is 12.9 Å². The van der Waals surface area contributed by atoms with Crippen LogP contribution in [0.5, 0.6) is 0 Å². The number of carbonyl (C=O) groups is 2. The second-order valence-electron chi connectivity index (χ2n) is 0.211. The van der Waals surface area contributed by atoms with Gasteiger partial charge < -0.3 is 10.2 Å². The molecule has 5 heteroatoms. The molecule has 0 amide bonds. The molecule has 0 aliphatic carbocycles. The molecule has 0 aliphatic heterocycles. The molecule has 0 atom stereocenters. The van der Waals surface area contributed by atoms with Crippen molar-refractivity contribution in [2.75, 3.05) is 0 Å². The van der Waals surface area contributed by atoms with E-state index in [1.165, 1.54) is 0 Å². The molecular weight excluding hydrogens is 200 g/mol. The molecule has 7 heavy (non-hydrogen) atoms. The zero-order valence-corrected chi connectivity index (χ0v) is 7.61. The first-order chi connectivity index (χ1) is 2.83. The molecule has 0 rings (SSSR count). The van der Waals surface area contributed by atoms with Crippen LogP contribution in [0, 0.1) is 0 Å². The van der Waals surface area contributed by atoms with Gasteiger partial charge in [-0.15, -0.1) is 0 Å². The second kappa shape index (κ2) is 40.0. The third kappa shape index (κ3) is 4600. The van der Waals surface area contributed by atoms with Crippen LogP contribution >= 0.6 is 0 Å². The normalized spacial score (nSPS) is 3.43. The molecular formula is C2H4CdO4. The maximum Gasteiger partial charge on any atom is 0.290 e. The predicted molar refractivity (Wildman–Crippen MR) is 17.4 cm³/mol. The Morgan fingerprint density at radius 3 is 1.00 bits per heavy atom. The molecule has 38 valence electrons. The molecule has 0 spiro atoms. The summed E-state index contributed by atoms with van der Waals surface area (Å²) in [5.74, 6) is 0. The van der Waals surface area contributed by atoms with Crippen LogP contribution < -0.4 is 0 Å². The predicted octanol–water partition coefficient (Wildman–Crippen LogP) is -0.601. The molecule has 0 fully saturated rings. The van der Waals surface area contributed by atoms with Gasteiger partial charge in [0.25, 0.3) is 12.9 Å². The largest absolute Gasteiger partial charge is 0.483 e. The molecule has 0 heterocycles. The van der Waals surface area contributed by atoms with E-state index in [-0.39, 0.29) is 40.2 Å². The fourth-order valence-electron chi connectivity index (χ4n) is 0. The van der Waals surface area contributed by atoms with Crippen molar-refractivity contribution in [3.05, 3.63) is 0 Å². The van der Waals surface area contributed by atoms with E-state index >= 15 is 0 Å². The van der Waals surface area contributed by atoms with Crippen molar-refractivity contribution < 1.29 is 47.1 Å². The van der Waals surface area contributed by atoms with Gasteiger partial charge in [-0.2, -0.15) is 0 Å². The van der Waals surface area contributed by atoms with Crippen molar-refractivity contribution in [2.24, 2.45) is 0 Å². The van der Waals surface area contributed by atoms with E-state index in [0.29, 0.717) is 0 Å². The monoisotopic (exact) mass is 206 g/mol. The van der Waals surface area contributed by atoms with Gasteiger partial charge in [0.05, 0.1) is 0 Å². The van der Waals surface area contributed by atoms with Crippen LogP contribution in [0.1, 0.15) is 0 Å². The van der Waals surface area contributed by atoms with Gasteiger partial charge in [0, 0.05) is 27.3 Å². The van der Waals surface area contributed by atoms with E-state index in [2.05, 4.69) is 0 Å². The summed E-state index contributed by atoms with van der Waals surface area (Å²) >= 11 is 0. The van der Waals surface area contributed by atoms with Gasteiger partial charge in [0.2, 0.25) is 0 Å². The molecule has 0 unspecified atom stereocenters. The standard InChI is InChI=1S/2CH2O2.Cd/c2*2-1-3;/h2*1H,(H,2,3);. The number of rotatable bonds is 0. The first kappa shape index (κ1) is 15.8. The molecule has 0 saturated heterocycles. The first-order valence-corrected chi connectivity index (χ1v) is 0.988. The summed E-state index contributed by atoms with van der Waals surface area (Å²) < 4.78 is 0. The third-order valence-corrected chi connectivity index (χ3v) is 0. The minimum atomic E-state index is -0.250. The van der Waals surface area contributed by atoms with Crippen molar-refractivity contribution in [1.29, 1.82) is 0 Å². The quantitative estimate of drug-likeness (QED) is 0.408. The first-order valence-electron chi connectivity index (χ1n) is 0.988. The third-order valence-electron chi connectivity index (χ3n) is 0. The Hall–Kier alpha value is -0.138. The molecule has 0 bridgehead atoms. The number of hydrogen-bond acceptors (Lipinski definition) is 2. The summed E-state index contributed by atoms with van der Waals surface area (Å²) in [6, 6.07) is 0. The minimum absolute atomic E-state index is 0. The molecule has 2 N–H and O–H groups in total. The van der Waals surface area contributed by atoms with Crippen molar-refractivity contribution in [3.63, 3.8) is 0 Å². The van der Waals surface area contributed by atoms with Crippen LogP contribution in [0.4, 0.5) is 0 Å². The van der Waals surface area contributed by atoms with Crippen molar-refractivity contribution in [2.45, 2.75) is 0 Å². The molecule has 0 aromatic rings. The second-order valence-corrected chi connectivity index (χ2v) is 0.211. The zero-order chi connectivity index (χ0) is 5.41. The minimum Gasteiger partial charge on any atom is -0.483 e. The van der Waals surface area contributed by atoms with Crippen LogP contribution in [0.2, 0.25) is 0 Å². The van der Waals surface area contributed by atoms with Crippen LogP contribution in [-0.2, 0) is 36.9 Å². The molecule has 0 saturated carbocycles. The van der Waals surface area contributed by atoms with E-state index in [9.17, 15) is 0 Å². The Morgan fingerprint density at radius 1 is 1.00 bits per heavy atom. The average molecular weight is 204 g/mol. The van der Waals surface area contributed by atoms with Gasteiger partial charge in [-0.3, -0.25) is 9.59 Å². The van der Waals surface area contributed by atoms with Crippen molar-refractivity contribution in [3.8, 4) is 0 Å². The summed E-state index contributed by atoms with van der Waals surface area (Å²) in [6.07, 6.45) is 0. The zero-order valence-electron chi connectivity index (χ0n) is 3.57. The Morgan fingerprint density at radius 2 is 1.00 bits per heavy atom. The Balaban J connectivity index is -0.0000000400. The summed E-state index contributed by atoms with van der Waals surface area (Å²) in [5.41, 5.74) is 0. The van der Waals surface area contributed by atoms with Gasteiger partial charge in [0.1, 0.15) is 0 Å². The van der Waals surface area contributed by atoms with Crippen LogP contribution in [0.15, 0.2) is 0 Å². The summed E-state index contributed by atoms with van der Waals surface area (Å²) in [7, 11) is 0. The van der Waals surface area contributed by atoms with Gasteiger partial charge >= 0.3 is 0 Å². The maximum atomic E-state index is 8.36. The number of hydrogen-bond donors (Lipinski definition) is 2. The topological polar surface area (TPSA) is 74.6 Å². The summed E-state index contributed by atoms with van der Waals surface area (Å²) in [5, 5.41) is 13.8. The Kier molecular flexibility index (Phi) is 90.3. The average Bonchev–Trinajstić information content (AvgIpc) is 1.39. The van der Waals surface area contributed by atoms with Gasteiger partial charge in [-0.1, -0.05) is 0 Å². The molecule has 0 aromatic heterocycles. The fourth-order valence-corrected chi connectivity index (χ4v) is 0. The van der Waals surface area contributed by atoms with Crippen molar-refractivity contribution in [1.82, 2.24) is 0 Å². The molecule has 0 radical (unpaired) electrons. The summed E-state index contributed by atoms with van der Waals surface area (Å²) in [6.45, 7) is -0.500. The van der Waals surface area contributed by atoms with E-state index in [0.717, 1.165) is 0 Å². The van der Waals surface area contributed by atoms with E-state index in [4.69, 9.17) is 19.8 Å². The molecule has 0 aromatic carbocycles. The van der Waals surface area contributed by atoms with Gasteiger partial charge in [0.15, 0.2) is 0 Å². The molecule has 0 aliphatic rings. The van der Waals surface area contributed by atoms with Crippen LogP contribution in [0.25, 0.3) is 0 Å². The van der Waals surface area contributed by atoms with E-state index in [1.54, 1.807) is 0 Å². The molecule has 4 nitrogen and oxygen atoms in total. The number of carboxylic acid groups (broad SMARTS) is 2.